The second-order valence-corrected chi connectivity index (χ2v) is 6.39. The molecule has 5 nitrogen and oxygen atoms in total. The second kappa shape index (κ2) is 8.36. The molecule has 0 spiro atoms. The topological polar surface area (TPSA) is 92.4 Å². The van der Waals surface area contributed by atoms with Crippen molar-refractivity contribution in [3.8, 4) is 0 Å². The van der Waals surface area contributed by atoms with Crippen LogP contribution >= 0.6 is 23.2 Å². The van der Waals surface area contributed by atoms with Gasteiger partial charge in [0, 0.05) is 16.5 Å². The summed E-state index contributed by atoms with van der Waals surface area (Å²) in [5.41, 5.74) is 5.94. The van der Waals surface area contributed by atoms with E-state index < -0.39 is 24.0 Å². The van der Waals surface area contributed by atoms with Gasteiger partial charge in [0.15, 0.2) is 0 Å². The Bertz CT molecular complexity index is 550. The quantitative estimate of drug-likeness (QED) is 0.704. The van der Waals surface area contributed by atoms with Crippen LogP contribution in [0.3, 0.4) is 0 Å². The van der Waals surface area contributed by atoms with E-state index in [1.165, 1.54) is 0 Å². The number of amides is 2. The number of benzene rings is 1. The fraction of sp³-hybridized carbons (Fsp3) is 0.467. The predicted molar refractivity (Wildman–Crippen MR) is 86.8 cm³/mol. The van der Waals surface area contributed by atoms with Crippen LogP contribution in [0.2, 0.25) is 10.0 Å². The minimum Gasteiger partial charge on any atom is -0.383 e. The third kappa shape index (κ3) is 5.83. The summed E-state index contributed by atoms with van der Waals surface area (Å²) in [5.74, 6) is -1.17. The van der Waals surface area contributed by atoms with Crippen molar-refractivity contribution in [1.29, 1.82) is 0 Å². The third-order valence-corrected chi connectivity index (χ3v) is 3.68. The van der Waals surface area contributed by atoms with Gasteiger partial charge in [-0.05, 0) is 30.0 Å². The van der Waals surface area contributed by atoms with Crippen LogP contribution in [0.1, 0.15) is 25.8 Å². The highest BCUT2D eigenvalue weighted by Gasteiger charge is 2.24. The number of primary amides is 1. The number of halogens is 2. The van der Waals surface area contributed by atoms with Crippen molar-refractivity contribution >= 4 is 35.0 Å². The Morgan fingerprint density at radius 2 is 1.95 bits per heavy atom. The molecule has 1 aromatic carbocycles. The molecule has 0 saturated heterocycles. The van der Waals surface area contributed by atoms with E-state index in [2.05, 4.69) is 5.32 Å². The van der Waals surface area contributed by atoms with Crippen molar-refractivity contribution in [2.24, 2.45) is 11.7 Å². The van der Waals surface area contributed by atoms with Crippen LogP contribution in [0.5, 0.6) is 0 Å². The Morgan fingerprint density at radius 3 is 2.45 bits per heavy atom. The summed E-state index contributed by atoms with van der Waals surface area (Å²) in [7, 11) is 0. The largest absolute Gasteiger partial charge is 0.383 e. The molecule has 0 aromatic heterocycles. The van der Waals surface area contributed by atoms with Crippen LogP contribution in [0.15, 0.2) is 18.2 Å². The molecular weight excluding hydrogens is 327 g/mol. The molecule has 0 saturated carbocycles. The van der Waals surface area contributed by atoms with E-state index in [0.29, 0.717) is 22.0 Å². The van der Waals surface area contributed by atoms with Gasteiger partial charge in [-0.3, -0.25) is 9.59 Å². The molecule has 0 aliphatic carbocycles. The molecule has 0 unspecified atom stereocenters. The lowest BCUT2D eigenvalue weighted by molar-refractivity contribution is -0.133. The van der Waals surface area contributed by atoms with Crippen LogP contribution in [0.4, 0.5) is 0 Å². The van der Waals surface area contributed by atoms with Gasteiger partial charge in [-0.25, -0.2) is 0 Å². The predicted octanol–water partition coefficient (Wildman–Crippen LogP) is 1.91. The van der Waals surface area contributed by atoms with E-state index in [1.807, 2.05) is 13.8 Å². The average molecular weight is 347 g/mol. The second-order valence-electron chi connectivity index (χ2n) is 5.55. The third-order valence-electron chi connectivity index (χ3n) is 3.10. The maximum Gasteiger partial charge on any atom is 0.249 e. The van der Waals surface area contributed by atoms with Gasteiger partial charge in [-0.15, -0.1) is 0 Å². The lowest BCUT2D eigenvalue weighted by Crippen LogP contribution is -2.49. The highest BCUT2D eigenvalue weighted by Crippen LogP contribution is 2.22. The first-order chi connectivity index (χ1) is 10.2. The number of carbonyl (C=O) groups excluding carboxylic acids is 2. The van der Waals surface area contributed by atoms with Gasteiger partial charge in [0.1, 0.15) is 12.1 Å². The minimum absolute atomic E-state index is 0.130. The van der Waals surface area contributed by atoms with Crippen LogP contribution in [-0.4, -0.2) is 29.1 Å². The number of carbonyl (C=O) groups is 2. The Labute approximate surface area is 139 Å². The molecule has 1 rings (SSSR count). The van der Waals surface area contributed by atoms with Gasteiger partial charge in [0.05, 0.1) is 0 Å². The van der Waals surface area contributed by atoms with E-state index in [1.54, 1.807) is 18.2 Å². The average Bonchev–Trinajstić information content (AvgIpc) is 2.39. The zero-order chi connectivity index (χ0) is 16.9. The number of rotatable bonds is 7. The van der Waals surface area contributed by atoms with Crippen molar-refractivity contribution in [3.63, 3.8) is 0 Å². The Kier molecular flexibility index (Phi) is 7.13. The van der Waals surface area contributed by atoms with E-state index in [0.717, 1.165) is 0 Å². The molecule has 4 N–H and O–H groups in total. The summed E-state index contributed by atoms with van der Waals surface area (Å²) >= 11 is 11.9. The number of hydrogen-bond donors (Lipinski definition) is 3. The molecule has 0 heterocycles. The van der Waals surface area contributed by atoms with Gasteiger partial charge < -0.3 is 16.2 Å². The molecule has 2 amide bonds. The summed E-state index contributed by atoms with van der Waals surface area (Å²) in [6, 6.07) is 3.90. The van der Waals surface area contributed by atoms with Crippen LogP contribution in [-0.2, 0) is 16.0 Å². The molecule has 122 valence electrons. The van der Waals surface area contributed by atoms with Crippen molar-refractivity contribution < 1.29 is 14.7 Å². The lowest BCUT2D eigenvalue weighted by Gasteiger charge is -2.19. The van der Waals surface area contributed by atoms with E-state index in [4.69, 9.17) is 28.9 Å². The van der Waals surface area contributed by atoms with Crippen LogP contribution in [0, 0.1) is 5.92 Å². The zero-order valence-corrected chi connectivity index (χ0v) is 14.0. The van der Waals surface area contributed by atoms with E-state index in [9.17, 15) is 14.7 Å². The van der Waals surface area contributed by atoms with E-state index >= 15 is 0 Å². The van der Waals surface area contributed by atoms with Crippen LogP contribution < -0.4 is 11.1 Å². The highest BCUT2D eigenvalue weighted by molar-refractivity contribution is 6.35. The first-order valence-corrected chi connectivity index (χ1v) is 7.68. The Balaban J connectivity index is 2.78. The SMILES string of the molecule is CC(C)C[C@H](O)C(=O)N[C@H](Cc1ccc(Cl)cc1Cl)C(N)=O. The van der Waals surface area contributed by atoms with Crippen molar-refractivity contribution in [2.75, 3.05) is 0 Å². The maximum absolute atomic E-state index is 11.9. The lowest BCUT2D eigenvalue weighted by atomic mass is 10.0. The van der Waals surface area contributed by atoms with Crippen molar-refractivity contribution in [2.45, 2.75) is 38.8 Å². The van der Waals surface area contributed by atoms with Crippen LogP contribution in [0.25, 0.3) is 0 Å². The van der Waals surface area contributed by atoms with E-state index in [-0.39, 0.29) is 12.3 Å². The number of nitrogens with one attached hydrogen (secondary N) is 1. The summed E-state index contributed by atoms with van der Waals surface area (Å²) < 4.78 is 0. The number of aliphatic hydroxyl groups excluding tert-OH is 1. The van der Waals surface area contributed by atoms with Gasteiger partial charge in [0.25, 0.3) is 0 Å². The summed E-state index contributed by atoms with van der Waals surface area (Å²) in [4.78, 5) is 23.4. The molecule has 1 aromatic rings. The highest BCUT2D eigenvalue weighted by atomic mass is 35.5. The number of nitrogens with two attached hydrogens (primary N) is 1. The standard InChI is InChI=1S/C15H20Cl2N2O3/c1-8(2)5-13(20)15(22)19-12(14(18)21)6-9-3-4-10(16)7-11(9)17/h3-4,7-8,12-13,20H,5-6H2,1-2H3,(H2,18,21)(H,19,22)/t12-,13+/m1/s1. The molecular formula is C15H20Cl2N2O3. The summed E-state index contributed by atoms with van der Waals surface area (Å²) in [6.07, 6.45) is -0.743. The fourth-order valence-corrected chi connectivity index (χ4v) is 2.44. The first kappa shape index (κ1) is 18.7. The monoisotopic (exact) mass is 346 g/mol. The molecule has 0 fully saturated rings. The number of hydrogen-bond acceptors (Lipinski definition) is 3. The smallest absolute Gasteiger partial charge is 0.249 e. The molecule has 2 atom stereocenters. The summed E-state index contributed by atoms with van der Waals surface area (Å²) in [6.45, 7) is 3.77. The molecule has 0 radical (unpaired) electrons. The molecule has 22 heavy (non-hydrogen) atoms. The molecule has 7 heteroatoms. The van der Waals surface area contributed by atoms with Gasteiger partial charge in [-0.2, -0.15) is 0 Å². The molecule has 0 bridgehead atoms. The van der Waals surface area contributed by atoms with Crippen molar-refractivity contribution in [3.05, 3.63) is 33.8 Å². The van der Waals surface area contributed by atoms with Gasteiger partial charge in [0.2, 0.25) is 11.8 Å². The zero-order valence-electron chi connectivity index (χ0n) is 12.5. The Hall–Kier alpha value is -1.30. The fourth-order valence-electron chi connectivity index (χ4n) is 1.95. The van der Waals surface area contributed by atoms with Gasteiger partial charge in [-0.1, -0.05) is 43.1 Å². The van der Waals surface area contributed by atoms with Gasteiger partial charge >= 0.3 is 0 Å². The van der Waals surface area contributed by atoms with Crippen molar-refractivity contribution in [1.82, 2.24) is 5.32 Å². The first-order valence-electron chi connectivity index (χ1n) is 6.92. The maximum atomic E-state index is 11.9. The minimum atomic E-state index is -1.18. The normalized spacial score (nSPS) is 13.7. The number of aliphatic hydroxyl groups is 1. The summed E-state index contributed by atoms with van der Waals surface area (Å²) in [5, 5.41) is 13.1. The molecule has 0 aliphatic rings. The Morgan fingerprint density at radius 1 is 1.32 bits per heavy atom. The molecule has 0 aliphatic heterocycles.